The molecule has 1 atom stereocenters. The number of anilines is 1. The van der Waals surface area contributed by atoms with Crippen LogP contribution < -0.4 is 4.90 Å². The van der Waals surface area contributed by atoms with Crippen LogP contribution in [-0.2, 0) is 9.59 Å². The number of fused-ring (bicyclic) bond motifs is 1. The van der Waals surface area contributed by atoms with Crippen LogP contribution in [0, 0.1) is 6.92 Å². The third kappa shape index (κ3) is 3.18. The number of aliphatic hydroxyl groups is 1. The number of benzene rings is 3. The van der Waals surface area contributed by atoms with E-state index in [4.69, 9.17) is 16.0 Å². The van der Waals surface area contributed by atoms with Crippen molar-refractivity contribution in [3.05, 3.63) is 107 Å². The van der Waals surface area contributed by atoms with Crippen molar-refractivity contribution < 1.29 is 19.1 Å². The van der Waals surface area contributed by atoms with Crippen molar-refractivity contribution >= 4 is 45.5 Å². The van der Waals surface area contributed by atoms with Crippen LogP contribution in [-0.4, -0.2) is 16.8 Å². The topological polar surface area (TPSA) is 70.8 Å². The molecule has 1 aromatic heterocycles. The molecule has 1 aliphatic rings. The van der Waals surface area contributed by atoms with Crippen LogP contribution in [0.3, 0.4) is 0 Å². The van der Waals surface area contributed by atoms with Gasteiger partial charge in [-0.1, -0.05) is 48.0 Å². The van der Waals surface area contributed by atoms with Gasteiger partial charge in [0.25, 0.3) is 11.7 Å². The van der Waals surface area contributed by atoms with Crippen molar-refractivity contribution in [1.82, 2.24) is 0 Å². The first kappa shape index (κ1) is 20.1. The second-order valence-electron chi connectivity index (χ2n) is 7.68. The number of Topliss-reactive ketones (excluding diaryl/α,β-unsaturated/α-hetero) is 1. The van der Waals surface area contributed by atoms with Crippen molar-refractivity contribution in [3.63, 3.8) is 0 Å². The summed E-state index contributed by atoms with van der Waals surface area (Å²) < 4.78 is 5.60. The lowest BCUT2D eigenvalue weighted by atomic mass is 9.97. The molecule has 2 heterocycles. The fourth-order valence-corrected chi connectivity index (χ4v) is 4.40. The molecule has 0 spiro atoms. The Morgan fingerprint density at radius 1 is 0.969 bits per heavy atom. The molecule has 3 aromatic carbocycles. The first-order chi connectivity index (χ1) is 15.5. The van der Waals surface area contributed by atoms with Gasteiger partial charge < -0.3 is 9.52 Å². The highest BCUT2D eigenvalue weighted by atomic mass is 35.5. The Bertz CT molecular complexity index is 1400. The van der Waals surface area contributed by atoms with E-state index in [1.165, 1.54) is 11.2 Å². The molecular weight excluding hydrogens is 426 g/mol. The van der Waals surface area contributed by atoms with E-state index < -0.39 is 17.7 Å². The van der Waals surface area contributed by atoms with Gasteiger partial charge in [0, 0.05) is 16.3 Å². The molecule has 1 saturated heterocycles. The molecule has 0 saturated carbocycles. The molecule has 1 aliphatic heterocycles. The Hall–Kier alpha value is -3.83. The average Bonchev–Trinajstić information content (AvgIpc) is 3.40. The number of amides is 1. The number of rotatable bonds is 3. The lowest BCUT2D eigenvalue weighted by Crippen LogP contribution is -2.29. The van der Waals surface area contributed by atoms with Crippen molar-refractivity contribution in [2.75, 3.05) is 4.90 Å². The van der Waals surface area contributed by atoms with Gasteiger partial charge >= 0.3 is 0 Å². The summed E-state index contributed by atoms with van der Waals surface area (Å²) in [7, 11) is 0. The number of aryl methyl sites for hydroxylation is 1. The van der Waals surface area contributed by atoms with E-state index in [-0.39, 0.29) is 11.3 Å². The molecule has 1 fully saturated rings. The van der Waals surface area contributed by atoms with Gasteiger partial charge in [0.05, 0.1) is 11.8 Å². The summed E-state index contributed by atoms with van der Waals surface area (Å²) in [6.45, 7) is 1.81. The summed E-state index contributed by atoms with van der Waals surface area (Å²) >= 11 is 6.09. The minimum Gasteiger partial charge on any atom is -0.507 e. The molecular formula is C26H18ClNO4. The third-order valence-electron chi connectivity index (χ3n) is 5.70. The number of furan rings is 1. The summed E-state index contributed by atoms with van der Waals surface area (Å²) in [6.07, 6.45) is 1.47. The van der Waals surface area contributed by atoms with E-state index in [2.05, 4.69) is 0 Å². The molecule has 32 heavy (non-hydrogen) atoms. The predicted octanol–water partition coefficient (Wildman–Crippen LogP) is 6.02. The van der Waals surface area contributed by atoms with E-state index in [9.17, 15) is 14.7 Å². The largest absolute Gasteiger partial charge is 0.507 e. The standard InChI is InChI=1S/C26H18ClNO4/c1-15-13-19(27)10-11-20(15)28-23(21-7-4-12-32-21)22(25(30)26(28)31)24(29)18-9-8-16-5-2-3-6-17(16)14-18/h2-14,23,29H,1H3/b24-22-. The highest BCUT2D eigenvalue weighted by Gasteiger charge is 2.48. The van der Waals surface area contributed by atoms with E-state index in [0.29, 0.717) is 22.0 Å². The van der Waals surface area contributed by atoms with Crippen LogP contribution >= 0.6 is 11.6 Å². The minimum absolute atomic E-state index is 0.0189. The smallest absolute Gasteiger partial charge is 0.300 e. The molecule has 1 amide bonds. The maximum atomic E-state index is 13.2. The van der Waals surface area contributed by atoms with Gasteiger partial charge in [-0.15, -0.1) is 0 Å². The van der Waals surface area contributed by atoms with Crippen molar-refractivity contribution in [2.45, 2.75) is 13.0 Å². The Labute approximate surface area is 189 Å². The molecule has 5 rings (SSSR count). The Balaban J connectivity index is 1.72. The number of nitrogens with zero attached hydrogens (tertiary/aromatic N) is 1. The van der Waals surface area contributed by atoms with Gasteiger partial charge in [0.2, 0.25) is 0 Å². The van der Waals surface area contributed by atoms with Crippen LogP contribution in [0.5, 0.6) is 0 Å². The Morgan fingerprint density at radius 3 is 2.47 bits per heavy atom. The van der Waals surface area contributed by atoms with Gasteiger partial charge in [-0.25, -0.2) is 0 Å². The van der Waals surface area contributed by atoms with E-state index in [1.807, 2.05) is 37.3 Å². The number of carbonyl (C=O) groups excluding carboxylic acids is 2. The van der Waals surface area contributed by atoms with Crippen LogP contribution in [0.25, 0.3) is 16.5 Å². The summed E-state index contributed by atoms with van der Waals surface area (Å²) in [5.74, 6) is -1.38. The maximum Gasteiger partial charge on any atom is 0.300 e. The van der Waals surface area contributed by atoms with Gasteiger partial charge in [0.15, 0.2) is 0 Å². The number of hydrogen-bond acceptors (Lipinski definition) is 4. The van der Waals surface area contributed by atoms with E-state index >= 15 is 0 Å². The molecule has 0 radical (unpaired) electrons. The number of ketones is 1. The number of aliphatic hydroxyl groups excluding tert-OH is 1. The first-order valence-corrected chi connectivity index (χ1v) is 10.4. The third-order valence-corrected chi connectivity index (χ3v) is 5.93. The molecule has 158 valence electrons. The van der Waals surface area contributed by atoms with E-state index in [0.717, 1.165) is 16.3 Å². The molecule has 6 heteroatoms. The lowest BCUT2D eigenvalue weighted by molar-refractivity contribution is -0.132. The quantitative estimate of drug-likeness (QED) is 0.239. The average molecular weight is 444 g/mol. The van der Waals surface area contributed by atoms with E-state index in [1.54, 1.807) is 42.5 Å². The first-order valence-electron chi connectivity index (χ1n) is 10.1. The molecule has 1 unspecified atom stereocenters. The predicted molar refractivity (Wildman–Crippen MR) is 124 cm³/mol. The molecule has 1 N–H and O–H groups in total. The zero-order valence-electron chi connectivity index (χ0n) is 17.1. The normalized spacial score (nSPS) is 17.9. The highest BCUT2D eigenvalue weighted by Crippen LogP contribution is 2.43. The summed E-state index contributed by atoms with van der Waals surface area (Å²) in [6, 6.07) is 20.6. The monoisotopic (exact) mass is 443 g/mol. The maximum absolute atomic E-state index is 13.2. The molecule has 0 bridgehead atoms. The summed E-state index contributed by atoms with van der Waals surface area (Å²) in [4.78, 5) is 27.7. The fourth-order valence-electron chi connectivity index (χ4n) is 4.18. The van der Waals surface area contributed by atoms with Crippen molar-refractivity contribution in [2.24, 2.45) is 0 Å². The van der Waals surface area contributed by atoms with Crippen molar-refractivity contribution in [1.29, 1.82) is 0 Å². The second kappa shape index (κ2) is 7.70. The van der Waals surface area contributed by atoms with Gasteiger partial charge in [-0.2, -0.15) is 0 Å². The Kier molecular flexibility index (Phi) is 4.83. The molecule has 4 aromatic rings. The lowest BCUT2D eigenvalue weighted by Gasteiger charge is -2.25. The Morgan fingerprint density at radius 2 is 1.75 bits per heavy atom. The summed E-state index contributed by atoms with van der Waals surface area (Å²) in [5.41, 5.74) is 1.68. The van der Waals surface area contributed by atoms with Gasteiger partial charge in [-0.05, 0) is 59.7 Å². The number of halogens is 1. The van der Waals surface area contributed by atoms with Crippen LogP contribution in [0.4, 0.5) is 5.69 Å². The minimum atomic E-state index is -0.906. The molecule has 5 nitrogen and oxygen atoms in total. The SMILES string of the molecule is Cc1cc(Cl)ccc1N1C(=O)C(=O)/C(=C(\O)c2ccc3ccccc3c2)C1c1ccco1. The zero-order chi connectivity index (χ0) is 22.4. The zero-order valence-corrected chi connectivity index (χ0v) is 17.8. The van der Waals surface area contributed by atoms with Crippen LogP contribution in [0.2, 0.25) is 5.02 Å². The molecule has 0 aliphatic carbocycles. The number of hydrogen-bond donors (Lipinski definition) is 1. The van der Waals surface area contributed by atoms with Gasteiger partial charge in [0.1, 0.15) is 17.6 Å². The fraction of sp³-hybridized carbons (Fsp3) is 0.0769. The van der Waals surface area contributed by atoms with Gasteiger partial charge in [-0.3, -0.25) is 14.5 Å². The highest BCUT2D eigenvalue weighted by molar-refractivity contribution is 6.51. The summed E-state index contributed by atoms with van der Waals surface area (Å²) in [5, 5.41) is 13.7. The van der Waals surface area contributed by atoms with Crippen LogP contribution in [0.1, 0.15) is 22.9 Å². The van der Waals surface area contributed by atoms with Crippen molar-refractivity contribution in [3.8, 4) is 0 Å². The number of carbonyl (C=O) groups is 2. The van der Waals surface area contributed by atoms with Crippen LogP contribution in [0.15, 0.2) is 89.0 Å². The second-order valence-corrected chi connectivity index (χ2v) is 8.11.